The van der Waals surface area contributed by atoms with Crippen LogP contribution in [-0.2, 0) is 8.85 Å². The fourth-order valence-electron chi connectivity index (χ4n) is 4.41. The van der Waals surface area contributed by atoms with Gasteiger partial charge in [0.15, 0.2) is 8.32 Å². The van der Waals surface area contributed by atoms with E-state index >= 15 is 0 Å². The van der Waals surface area contributed by atoms with Crippen molar-refractivity contribution in [1.82, 2.24) is 0 Å². The zero-order valence-corrected chi connectivity index (χ0v) is 26.7. The third-order valence-electron chi connectivity index (χ3n) is 8.58. The zero-order chi connectivity index (χ0) is 23.7. The van der Waals surface area contributed by atoms with Crippen LogP contribution in [0.2, 0.25) is 69.1 Å². The molecule has 29 heavy (non-hydrogen) atoms. The van der Waals surface area contributed by atoms with Crippen molar-refractivity contribution >= 4 is 32.8 Å². The average molecular weight is 475 g/mol. The van der Waals surface area contributed by atoms with Gasteiger partial charge in [0.1, 0.15) is 0 Å². The summed E-state index contributed by atoms with van der Waals surface area (Å²) >= 11 is 0. The van der Waals surface area contributed by atoms with Gasteiger partial charge in [-0.1, -0.05) is 72.7 Å². The molecular formula is C23H54O2Si4. The van der Waals surface area contributed by atoms with Crippen molar-refractivity contribution < 1.29 is 8.85 Å². The number of hydrogen-bond donors (Lipinski definition) is 0. The van der Waals surface area contributed by atoms with Gasteiger partial charge in [-0.05, 0) is 51.5 Å². The Morgan fingerprint density at radius 2 is 1.28 bits per heavy atom. The summed E-state index contributed by atoms with van der Waals surface area (Å²) in [6.07, 6.45) is 2.09. The molecule has 0 amide bonds. The maximum absolute atomic E-state index is 7.34. The molecule has 0 aromatic heterocycles. The molecule has 2 unspecified atom stereocenters. The van der Waals surface area contributed by atoms with Crippen molar-refractivity contribution in [2.45, 2.75) is 135 Å². The van der Waals surface area contributed by atoms with Gasteiger partial charge in [0, 0.05) is 18.8 Å². The Labute approximate surface area is 188 Å². The van der Waals surface area contributed by atoms with E-state index in [0.717, 1.165) is 12.8 Å². The van der Waals surface area contributed by atoms with E-state index in [1.165, 1.54) is 0 Å². The SMILES string of the molecule is C=C[Si](C)(O[C@](C)(CC)[C@@](C)(CC)[Si](C)(C)OC(C)[Si](C)(C)C)[C@@H](C)[Si](C)(C)C. The summed E-state index contributed by atoms with van der Waals surface area (Å²) in [6, 6.07) is 0. The highest BCUT2D eigenvalue weighted by Crippen LogP contribution is 2.56. The van der Waals surface area contributed by atoms with E-state index in [4.69, 9.17) is 8.85 Å². The van der Waals surface area contributed by atoms with Gasteiger partial charge in [-0.25, -0.2) is 0 Å². The molecule has 0 radical (unpaired) electrons. The van der Waals surface area contributed by atoms with Gasteiger partial charge >= 0.3 is 0 Å². The van der Waals surface area contributed by atoms with Gasteiger partial charge < -0.3 is 8.85 Å². The van der Waals surface area contributed by atoms with E-state index in [0.29, 0.717) is 10.9 Å². The fourth-order valence-corrected chi connectivity index (χ4v) is 19.7. The second-order valence-corrected chi connectivity index (χ2v) is 32.4. The van der Waals surface area contributed by atoms with Crippen molar-refractivity contribution in [2.75, 3.05) is 0 Å². The van der Waals surface area contributed by atoms with Crippen LogP contribution in [0.1, 0.15) is 54.4 Å². The van der Waals surface area contributed by atoms with Crippen LogP contribution < -0.4 is 0 Å². The van der Waals surface area contributed by atoms with Gasteiger partial charge in [-0.15, -0.1) is 6.58 Å². The molecule has 174 valence electrons. The molecule has 0 N–H and O–H groups in total. The Kier molecular flexibility index (Phi) is 9.74. The van der Waals surface area contributed by atoms with Crippen LogP contribution in [0.5, 0.6) is 0 Å². The van der Waals surface area contributed by atoms with Crippen LogP contribution in [0.3, 0.4) is 0 Å². The second-order valence-electron chi connectivity index (χ2n) is 12.5. The first-order valence-corrected chi connectivity index (χ1v) is 24.3. The predicted molar refractivity (Wildman–Crippen MR) is 144 cm³/mol. The third-order valence-corrected chi connectivity index (χ3v) is 26.2. The maximum Gasteiger partial charge on any atom is 0.214 e. The molecular weight excluding hydrogens is 421 g/mol. The summed E-state index contributed by atoms with van der Waals surface area (Å²) in [4.78, 5) is 0. The summed E-state index contributed by atoms with van der Waals surface area (Å²) < 4.78 is 14.3. The van der Waals surface area contributed by atoms with Gasteiger partial charge in [0.2, 0.25) is 8.32 Å². The predicted octanol–water partition coefficient (Wildman–Crippen LogP) is 8.40. The van der Waals surface area contributed by atoms with Gasteiger partial charge in [-0.3, -0.25) is 0 Å². The molecule has 0 aromatic rings. The van der Waals surface area contributed by atoms with Crippen LogP contribution in [-0.4, -0.2) is 44.1 Å². The highest BCUT2D eigenvalue weighted by atomic mass is 28.4. The van der Waals surface area contributed by atoms with Crippen molar-refractivity contribution in [2.24, 2.45) is 0 Å². The minimum Gasteiger partial charge on any atom is -0.417 e. The van der Waals surface area contributed by atoms with Crippen LogP contribution >= 0.6 is 0 Å². The molecule has 2 nitrogen and oxygen atoms in total. The Balaban J connectivity index is 6.27. The highest BCUT2D eigenvalue weighted by Gasteiger charge is 2.58. The lowest BCUT2D eigenvalue weighted by molar-refractivity contribution is 0.0142. The van der Waals surface area contributed by atoms with Gasteiger partial charge in [-0.2, -0.15) is 0 Å². The van der Waals surface area contributed by atoms with E-state index in [1.807, 2.05) is 0 Å². The van der Waals surface area contributed by atoms with E-state index in [1.54, 1.807) is 0 Å². The smallest absolute Gasteiger partial charge is 0.214 e. The van der Waals surface area contributed by atoms with E-state index < -0.39 is 32.8 Å². The molecule has 5 atom stereocenters. The van der Waals surface area contributed by atoms with E-state index in [2.05, 4.69) is 113 Å². The minimum atomic E-state index is -2.10. The summed E-state index contributed by atoms with van der Waals surface area (Å²) in [5.41, 5.74) is 2.36. The first-order valence-electron chi connectivity index (χ1n) is 11.7. The first kappa shape index (κ1) is 29.5. The Bertz CT molecular complexity index is 552. The molecule has 0 heterocycles. The Morgan fingerprint density at radius 1 is 0.828 bits per heavy atom. The molecule has 6 heteroatoms. The maximum atomic E-state index is 7.34. The van der Waals surface area contributed by atoms with Crippen molar-refractivity contribution in [3.63, 3.8) is 0 Å². The first-order chi connectivity index (χ1) is 12.7. The molecule has 0 rings (SSSR count). The topological polar surface area (TPSA) is 18.5 Å². The summed E-state index contributed by atoms with van der Waals surface area (Å²) in [7, 11) is -6.87. The lowest BCUT2D eigenvalue weighted by Gasteiger charge is -2.57. The lowest BCUT2D eigenvalue weighted by Crippen LogP contribution is -2.63. The molecule has 0 aromatic carbocycles. The summed E-state index contributed by atoms with van der Waals surface area (Å²) in [5, 5.41) is 0.644. The van der Waals surface area contributed by atoms with Crippen molar-refractivity contribution in [3.05, 3.63) is 12.3 Å². The molecule has 0 fully saturated rings. The molecule has 0 saturated carbocycles. The average Bonchev–Trinajstić information content (AvgIpc) is 2.57. The quantitative estimate of drug-likeness (QED) is 0.264. The molecule has 0 saturated heterocycles. The Morgan fingerprint density at radius 3 is 1.55 bits per heavy atom. The van der Waals surface area contributed by atoms with E-state index in [-0.39, 0.29) is 10.6 Å². The summed E-state index contributed by atoms with van der Waals surface area (Å²) in [5.74, 6) is 0. The molecule has 0 bridgehead atoms. The van der Waals surface area contributed by atoms with Crippen molar-refractivity contribution in [1.29, 1.82) is 0 Å². The van der Waals surface area contributed by atoms with Crippen LogP contribution in [0.4, 0.5) is 0 Å². The molecule has 0 aliphatic rings. The third kappa shape index (κ3) is 6.28. The highest BCUT2D eigenvalue weighted by molar-refractivity contribution is 6.96. The molecule has 0 aliphatic heterocycles. The minimum absolute atomic E-state index is 0.0269. The number of hydrogen-bond acceptors (Lipinski definition) is 2. The largest absolute Gasteiger partial charge is 0.417 e. The number of rotatable bonds is 12. The van der Waals surface area contributed by atoms with Gasteiger partial charge in [0.25, 0.3) is 0 Å². The van der Waals surface area contributed by atoms with Crippen LogP contribution in [0.15, 0.2) is 12.3 Å². The van der Waals surface area contributed by atoms with Crippen LogP contribution in [0.25, 0.3) is 0 Å². The lowest BCUT2D eigenvalue weighted by atomic mass is 9.85. The summed E-state index contributed by atoms with van der Waals surface area (Å²) in [6.45, 7) is 40.4. The zero-order valence-electron chi connectivity index (χ0n) is 22.7. The fraction of sp³-hybridized carbons (Fsp3) is 0.913. The van der Waals surface area contributed by atoms with Crippen molar-refractivity contribution in [3.8, 4) is 0 Å². The van der Waals surface area contributed by atoms with E-state index in [9.17, 15) is 0 Å². The standard InChI is InChI=1S/C23H54O2Si4/c1-17-22(6,25-29(16,19-3)21(5)27(11,12)13)23(7,18-2)28(14,15)24-20(4)26(8,9)10/h19-21H,3,17-18H2,1-2,4-16H3/t20?,21-,22+,23+,29?/m0/s1. The monoisotopic (exact) mass is 474 g/mol. The van der Waals surface area contributed by atoms with Gasteiger partial charge in [0.05, 0.1) is 13.7 Å². The van der Waals surface area contributed by atoms with Crippen LogP contribution in [0, 0.1) is 0 Å². The second kappa shape index (κ2) is 9.57. The Hall–Kier alpha value is 0.528. The normalized spacial score (nSPS) is 22.2. The molecule has 0 spiro atoms. The molecule has 0 aliphatic carbocycles.